The van der Waals surface area contributed by atoms with Gasteiger partial charge in [0.1, 0.15) is 5.58 Å². The molecule has 0 bridgehead atoms. The van der Waals surface area contributed by atoms with Crippen molar-refractivity contribution in [3.63, 3.8) is 0 Å². The highest BCUT2D eigenvalue weighted by Gasteiger charge is 2.44. The lowest BCUT2D eigenvalue weighted by atomic mass is 9.95. The molecule has 0 aliphatic carbocycles. The summed E-state index contributed by atoms with van der Waals surface area (Å²) < 4.78 is 5.92. The minimum absolute atomic E-state index is 0.0989. The van der Waals surface area contributed by atoms with Gasteiger partial charge in [0.2, 0.25) is 5.76 Å². The third-order valence-electron chi connectivity index (χ3n) is 5.32. The maximum atomic E-state index is 13.4. The van der Waals surface area contributed by atoms with Crippen LogP contribution in [0.25, 0.3) is 11.0 Å². The van der Waals surface area contributed by atoms with Gasteiger partial charge < -0.3 is 4.42 Å². The monoisotopic (exact) mass is 402 g/mol. The molecule has 1 atom stereocenters. The van der Waals surface area contributed by atoms with E-state index in [-0.39, 0.29) is 17.1 Å². The first-order chi connectivity index (χ1) is 14.1. The van der Waals surface area contributed by atoms with E-state index in [1.54, 1.807) is 35.4 Å². The van der Waals surface area contributed by atoms with E-state index in [0.29, 0.717) is 27.6 Å². The number of hydrogen-bond acceptors (Lipinski definition) is 5. The van der Waals surface area contributed by atoms with Crippen LogP contribution < -0.4 is 10.3 Å². The molecule has 5 nitrogen and oxygen atoms in total. The van der Waals surface area contributed by atoms with Crippen LogP contribution in [0.1, 0.15) is 53.1 Å². The van der Waals surface area contributed by atoms with Crippen molar-refractivity contribution in [3.05, 3.63) is 92.8 Å². The molecule has 0 N–H and O–H groups in total. The molecule has 1 aliphatic heterocycles. The van der Waals surface area contributed by atoms with E-state index in [1.165, 1.54) is 16.9 Å². The fourth-order valence-corrected chi connectivity index (χ4v) is 4.50. The van der Waals surface area contributed by atoms with Gasteiger partial charge in [-0.05, 0) is 29.2 Å². The Hall–Kier alpha value is -3.25. The first-order valence-electron chi connectivity index (χ1n) is 9.45. The lowest BCUT2D eigenvalue weighted by molar-refractivity contribution is 0.0971. The second kappa shape index (κ2) is 6.67. The molecule has 0 radical (unpaired) electrons. The molecule has 3 heterocycles. The highest BCUT2D eigenvalue weighted by molar-refractivity contribution is 7.13. The van der Waals surface area contributed by atoms with Crippen LogP contribution in [-0.2, 0) is 0 Å². The lowest BCUT2D eigenvalue weighted by Crippen LogP contribution is -2.29. The zero-order valence-corrected chi connectivity index (χ0v) is 16.8. The Morgan fingerprint density at radius 1 is 1.07 bits per heavy atom. The van der Waals surface area contributed by atoms with Gasteiger partial charge in [-0.25, -0.2) is 4.98 Å². The molecule has 1 amide bonds. The molecule has 0 fully saturated rings. The SMILES string of the molecule is CC(C)c1ccc([C@@H]2c3c(oc4ccccc4c3=O)C(=O)N2c2nccs2)cc1. The van der Waals surface area contributed by atoms with Gasteiger partial charge in [-0.1, -0.05) is 50.2 Å². The van der Waals surface area contributed by atoms with Crippen molar-refractivity contribution in [2.24, 2.45) is 0 Å². The van der Waals surface area contributed by atoms with Crippen LogP contribution >= 0.6 is 11.3 Å². The van der Waals surface area contributed by atoms with Gasteiger partial charge in [0.25, 0.3) is 5.91 Å². The topological polar surface area (TPSA) is 63.4 Å². The third kappa shape index (κ3) is 2.71. The number of para-hydroxylation sites is 1. The molecule has 0 spiro atoms. The predicted molar refractivity (Wildman–Crippen MR) is 114 cm³/mol. The van der Waals surface area contributed by atoms with Gasteiger partial charge in [-0.15, -0.1) is 11.3 Å². The standard InChI is InChI=1S/C23H18N2O3S/c1-13(2)14-7-9-15(10-8-14)19-18-20(26)16-5-3-4-6-17(16)28-21(18)22(27)25(19)23-24-11-12-29-23/h3-13,19H,1-2H3/t19-/m1/s1. The number of rotatable bonds is 3. The summed E-state index contributed by atoms with van der Waals surface area (Å²) in [4.78, 5) is 32.6. The number of benzene rings is 2. The minimum atomic E-state index is -0.564. The number of anilines is 1. The normalized spacial score (nSPS) is 16.0. The van der Waals surface area contributed by atoms with Crippen LogP contribution in [0, 0.1) is 0 Å². The fraction of sp³-hybridized carbons (Fsp3) is 0.174. The number of carbonyl (C=O) groups is 1. The summed E-state index contributed by atoms with van der Waals surface area (Å²) in [5.74, 6) is 0.156. The first-order valence-corrected chi connectivity index (χ1v) is 10.3. The van der Waals surface area contributed by atoms with E-state index in [4.69, 9.17) is 4.42 Å². The molecular formula is C23H18N2O3S. The highest BCUT2D eigenvalue weighted by atomic mass is 32.1. The molecule has 144 valence electrons. The van der Waals surface area contributed by atoms with E-state index in [1.807, 2.05) is 29.6 Å². The second-order valence-electron chi connectivity index (χ2n) is 7.38. The average Bonchev–Trinajstić information content (AvgIpc) is 3.35. The average molecular weight is 402 g/mol. The van der Waals surface area contributed by atoms with Crippen LogP contribution in [0.4, 0.5) is 5.13 Å². The Morgan fingerprint density at radius 3 is 2.52 bits per heavy atom. The number of nitrogens with zero attached hydrogens (tertiary/aromatic N) is 2. The Balaban J connectivity index is 1.77. The summed E-state index contributed by atoms with van der Waals surface area (Å²) in [6, 6.07) is 14.5. The number of amides is 1. The number of hydrogen-bond donors (Lipinski definition) is 0. The molecule has 1 aliphatic rings. The first kappa shape index (κ1) is 17.8. The zero-order chi connectivity index (χ0) is 20.1. The van der Waals surface area contributed by atoms with Crippen molar-refractivity contribution in [3.8, 4) is 0 Å². The van der Waals surface area contributed by atoms with Gasteiger partial charge in [0.05, 0.1) is 17.0 Å². The van der Waals surface area contributed by atoms with Gasteiger partial charge in [-0.3, -0.25) is 14.5 Å². The Labute approximate surface area is 171 Å². The summed E-state index contributed by atoms with van der Waals surface area (Å²) in [6.07, 6.45) is 1.65. The number of carbonyl (C=O) groups excluding carboxylic acids is 1. The summed E-state index contributed by atoms with van der Waals surface area (Å²) in [6.45, 7) is 4.26. The maximum absolute atomic E-state index is 13.4. The van der Waals surface area contributed by atoms with Crippen molar-refractivity contribution in [2.45, 2.75) is 25.8 Å². The minimum Gasteiger partial charge on any atom is -0.450 e. The smallest absolute Gasteiger partial charge is 0.297 e. The van der Waals surface area contributed by atoms with Crippen LogP contribution in [0.5, 0.6) is 0 Å². The van der Waals surface area contributed by atoms with Crippen LogP contribution in [0.2, 0.25) is 0 Å². The molecule has 29 heavy (non-hydrogen) atoms. The van der Waals surface area contributed by atoms with E-state index in [9.17, 15) is 9.59 Å². The van der Waals surface area contributed by atoms with Gasteiger partial charge in [0.15, 0.2) is 10.6 Å². The molecule has 0 saturated heterocycles. The molecule has 0 unspecified atom stereocenters. The highest BCUT2D eigenvalue weighted by Crippen LogP contribution is 2.41. The second-order valence-corrected chi connectivity index (χ2v) is 8.26. The number of fused-ring (bicyclic) bond motifs is 2. The molecule has 2 aromatic carbocycles. The van der Waals surface area contributed by atoms with Crippen molar-refractivity contribution in [1.82, 2.24) is 4.98 Å². The Morgan fingerprint density at radius 2 is 1.83 bits per heavy atom. The number of aromatic nitrogens is 1. The zero-order valence-electron chi connectivity index (χ0n) is 16.0. The van der Waals surface area contributed by atoms with Crippen molar-refractivity contribution in [1.29, 1.82) is 0 Å². The largest absolute Gasteiger partial charge is 0.450 e. The predicted octanol–water partition coefficient (Wildman–Crippen LogP) is 5.12. The lowest BCUT2D eigenvalue weighted by Gasteiger charge is -2.23. The Bertz CT molecular complexity index is 1270. The molecule has 4 aromatic rings. The van der Waals surface area contributed by atoms with Crippen molar-refractivity contribution >= 4 is 33.3 Å². The van der Waals surface area contributed by atoms with Crippen molar-refractivity contribution < 1.29 is 9.21 Å². The van der Waals surface area contributed by atoms with Crippen LogP contribution in [-0.4, -0.2) is 10.9 Å². The molecule has 2 aromatic heterocycles. The summed E-state index contributed by atoms with van der Waals surface area (Å²) >= 11 is 1.36. The third-order valence-corrected chi connectivity index (χ3v) is 6.09. The van der Waals surface area contributed by atoms with Gasteiger partial charge >= 0.3 is 0 Å². The molecular weight excluding hydrogens is 384 g/mol. The summed E-state index contributed by atoms with van der Waals surface area (Å²) in [5, 5.41) is 2.84. The Kier molecular flexibility index (Phi) is 4.10. The van der Waals surface area contributed by atoms with E-state index in [2.05, 4.69) is 18.8 Å². The fourth-order valence-electron chi connectivity index (χ4n) is 3.83. The van der Waals surface area contributed by atoms with E-state index in [0.717, 1.165) is 5.56 Å². The summed E-state index contributed by atoms with van der Waals surface area (Å²) in [5.41, 5.74) is 2.68. The van der Waals surface area contributed by atoms with Crippen LogP contribution in [0.15, 0.2) is 69.3 Å². The van der Waals surface area contributed by atoms with Gasteiger partial charge in [0, 0.05) is 11.6 Å². The van der Waals surface area contributed by atoms with E-state index < -0.39 is 6.04 Å². The maximum Gasteiger partial charge on any atom is 0.297 e. The van der Waals surface area contributed by atoms with E-state index >= 15 is 0 Å². The molecule has 6 heteroatoms. The van der Waals surface area contributed by atoms with Crippen molar-refractivity contribution in [2.75, 3.05) is 4.90 Å². The molecule has 0 saturated carbocycles. The molecule has 5 rings (SSSR count). The quantitative estimate of drug-likeness (QED) is 0.477. The number of thiazole rings is 1. The van der Waals surface area contributed by atoms with Crippen LogP contribution in [0.3, 0.4) is 0 Å². The van der Waals surface area contributed by atoms with Gasteiger partial charge in [-0.2, -0.15) is 0 Å². The summed E-state index contributed by atoms with van der Waals surface area (Å²) in [7, 11) is 0.